The van der Waals surface area contributed by atoms with Crippen molar-refractivity contribution in [1.82, 2.24) is 9.97 Å². The molecule has 0 fully saturated rings. The lowest BCUT2D eigenvalue weighted by Crippen LogP contribution is -2.34. The summed E-state index contributed by atoms with van der Waals surface area (Å²) < 4.78 is 6.70. The van der Waals surface area contributed by atoms with Crippen LogP contribution >= 0.6 is 22.9 Å². The van der Waals surface area contributed by atoms with Crippen LogP contribution in [-0.4, -0.2) is 22.5 Å². The van der Waals surface area contributed by atoms with Crippen LogP contribution in [0.1, 0.15) is 11.3 Å². The van der Waals surface area contributed by atoms with Crippen molar-refractivity contribution >= 4 is 44.2 Å². The number of hydrogen-bond donors (Lipinski definition) is 0. The highest BCUT2D eigenvalue weighted by Gasteiger charge is 2.21. The number of thiazole rings is 1. The predicted octanol–water partition coefficient (Wildman–Crippen LogP) is 5.27. The molecule has 29 heavy (non-hydrogen) atoms. The van der Waals surface area contributed by atoms with Crippen LogP contribution < -0.4 is 9.64 Å². The number of halogens is 1. The van der Waals surface area contributed by atoms with Gasteiger partial charge in [0.15, 0.2) is 11.7 Å². The van der Waals surface area contributed by atoms with Gasteiger partial charge in [-0.25, -0.2) is 4.98 Å². The molecule has 0 saturated heterocycles. The minimum Gasteiger partial charge on any atom is -0.484 e. The number of hydrogen-bond acceptors (Lipinski definition) is 5. The first kappa shape index (κ1) is 19.4. The van der Waals surface area contributed by atoms with E-state index in [-0.39, 0.29) is 12.5 Å². The van der Waals surface area contributed by atoms with Crippen LogP contribution in [0.25, 0.3) is 10.2 Å². The van der Waals surface area contributed by atoms with Gasteiger partial charge in [0.05, 0.1) is 22.5 Å². The number of aryl methyl sites for hydroxylation is 1. The van der Waals surface area contributed by atoms with Gasteiger partial charge in [0.1, 0.15) is 5.75 Å². The average molecular weight is 424 g/mol. The Kier molecular flexibility index (Phi) is 5.74. The normalized spacial score (nSPS) is 10.8. The fraction of sp³-hybridized carbons (Fsp3) is 0.136. The molecule has 1 amide bonds. The zero-order valence-electron chi connectivity index (χ0n) is 15.7. The Morgan fingerprint density at radius 1 is 1.14 bits per heavy atom. The summed E-state index contributed by atoms with van der Waals surface area (Å²) in [5.74, 6) is 0.391. The molecule has 4 rings (SSSR count). The van der Waals surface area contributed by atoms with Gasteiger partial charge in [-0.15, -0.1) is 0 Å². The van der Waals surface area contributed by atoms with Gasteiger partial charge in [-0.2, -0.15) is 0 Å². The molecule has 0 aliphatic heterocycles. The molecule has 2 aromatic heterocycles. The molecule has 0 radical (unpaired) electrons. The Hall–Kier alpha value is -2.96. The predicted molar refractivity (Wildman–Crippen MR) is 117 cm³/mol. The summed E-state index contributed by atoms with van der Waals surface area (Å²) in [6.45, 7) is 2.25. The fourth-order valence-electron chi connectivity index (χ4n) is 2.81. The van der Waals surface area contributed by atoms with E-state index in [2.05, 4.69) is 16.0 Å². The number of ether oxygens (including phenoxy) is 1. The lowest BCUT2D eigenvalue weighted by Gasteiger charge is -2.19. The number of anilines is 1. The van der Waals surface area contributed by atoms with Crippen molar-refractivity contribution < 1.29 is 9.53 Å². The van der Waals surface area contributed by atoms with Gasteiger partial charge in [-0.05, 0) is 61.0 Å². The minimum absolute atomic E-state index is 0.108. The Morgan fingerprint density at radius 3 is 2.72 bits per heavy atom. The molecule has 0 N–H and O–H groups in total. The Morgan fingerprint density at radius 2 is 1.97 bits per heavy atom. The lowest BCUT2D eigenvalue weighted by atomic mass is 10.2. The SMILES string of the molecule is Cc1ccc2nc(N(Cc3ccccn3)C(=O)COc3ccc(Cl)cc3)sc2c1. The number of fused-ring (bicyclic) bond motifs is 1. The first-order valence-electron chi connectivity index (χ1n) is 9.04. The Bertz CT molecular complexity index is 1130. The van der Waals surface area contributed by atoms with Crippen molar-refractivity contribution in [3.8, 4) is 5.75 Å². The third-order valence-corrected chi connectivity index (χ3v) is 5.58. The van der Waals surface area contributed by atoms with Gasteiger partial charge in [0, 0.05) is 11.2 Å². The summed E-state index contributed by atoms with van der Waals surface area (Å²) in [6, 6.07) is 18.6. The molecule has 0 unspecified atom stereocenters. The van der Waals surface area contributed by atoms with Gasteiger partial charge in [0.25, 0.3) is 5.91 Å². The highest BCUT2D eigenvalue weighted by Crippen LogP contribution is 2.30. The second-order valence-corrected chi connectivity index (χ2v) is 7.96. The second kappa shape index (κ2) is 8.59. The van der Waals surface area contributed by atoms with Crippen LogP contribution in [0.15, 0.2) is 66.9 Å². The number of pyridine rings is 1. The lowest BCUT2D eigenvalue weighted by molar-refractivity contribution is -0.120. The van der Waals surface area contributed by atoms with Gasteiger partial charge < -0.3 is 4.74 Å². The maximum absolute atomic E-state index is 13.0. The van der Waals surface area contributed by atoms with Crippen LogP contribution in [0.2, 0.25) is 5.02 Å². The molecule has 5 nitrogen and oxygen atoms in total. The Labute approximate surface area is 177 Å². The number of amides is 1. The van der Waals surface area contributed by atoms with Crippen LogP contribution in [0.5, 0.6) is 5.75 Å². The number of carbonyl (C=O) groups is 1. The van der Waals surface area contributed by atoms with Gasteiger partial charge in [-0.3, -0.25) is 14.7 Å². The molecule has 0 atom stereocenters. The number of aromatic nitrogens is 2. The number of rotatable bonds is 6. The zero-order valence-corrected chi connectivity index (χ0v) is 17.3. The monoisotopic (exact) mass is 423 g/mol. The van der Waals surface area contributed by atoms with E-state index in [0.717, 1.165) is 21.5 Å². The molecule has 146 valence electrons. The first-order valence-corrected chi connectivity index (χ1v) is 10.2. The van der Waals surface area contributed by atoms with E-state index in [0.29, 0.717) is 22.4 Å². The number of nitrogens with zero attached hydrogens (tertiary/aromatic N) is 3. The molecule has 0 aliphatic carbocycles. The maximum Gasteiger partial charge on any atom is 0.267 e. The third kappa shape index (κ3) is 4.72. The molecule has 4 aromatic rings. The van der Waals surface area contributed by atoms with Gasteiger partial charge in [0.2, 0.25) is 0 Å². The van der Waals surface area contributed by atoms with E-state index in [4.69, 9.17) is 16.3 Å². The van der Waals surface area contributed by atoms with E-state index in [1.807, 2.05) is 37.3 Å². The molecule has 0 bridgehead atoms. The standard InChI is InChI=1S/C22H18ClN3O2S/c1-15-5-10-19-20(12-15)29-22(25-19)26(13-17-4-2-3-11-24-17)21(27)14-28-18-8-6-16(23)7-9-18/h2-12H,13-14H2,1H3. The molecule has 2 aromatic carbocycles. The first-order chi connectivity index (χ1) is 14.1. The second-order valence-electron chi connectivity index (χ2n) is 6.51. The van der Waals surface area contributed by atoms with Crippen LogP contribution in [0, 0.1) is 6.92 Å². The molecule has 0 saturated carbocycles. The summed E-state index contributed by atoms with van der Waals surface area (Å²) >= 11 is 7.38. The highest BCUT2D eigenvalue weighted by atomic mass is 35.5. The van der Waals surface area contributed by atoms with Crippen LogP contribution in [-0.2, 0) is 11.3 Å². The van der Waals surface area contributed by atoms with Gasteiger partial charge >= 0.3 is 0 Å². The Balaban J connectivity index is 1.59. The quantitative estimate of drug-likeness (QED) is 0.424. The average Bonchev–Trinajstić information content (AvgIpc) is 3.15. The topological polar surface area (TPSA) is 55.3 Å². The van der Waals surface area contributed by atoms with Crippen molar-refractivity contribution in [3.63, 3.8) is 0 Å². The van der Waals surface area contributed by atoms with Crippen molar-refractivity contribution in [1.29, 1.82) is 0 Å². The fourth-order valence-corrected chi connectivity index (χ4v) is 4.01. The summed E-state index contributed by atoms with van der Waals surface area (Å²) in [6.07, 6.45) is 1.71. The van der Waals surface area contributed by atoms with E-state index in [9.17, 15) is 4.79 Å². The van der Waals surface area contributed by atoms with Crippen LogP contribution in [0.4, 0.5) is 5.13 Å². The van der Waals surface area contributed by atoms with E-state index in [1.165, 1.54) is 11.3 Å². The van der Waals surface area contributed by atoms with Crippen molar-refractivity contribution in [2.45, 2.75) is 13.5 Å². The molecule has 2 heterocycles. The maximum atomic E-state index is 13.0. The van der Waals surface area contributed by atoms with Crippen LogP contribution in [0.3, 0.4) is 0 Å². The summed E-state index contributed by atoms with van der Waals surface area (Å²) in [5.41, 5.74) is 2.80. The smallest absolute Gasteiger partial charge is 0.267 e. The molecule has 0 aliphatic rings. The van der Waals surface area contributed by atoms with E-state index >= 15 is 0 Å². The van der Waals surface area contributed by atoms with E-state index < -0.39 is 0 Å². The third-order valence-electron chi connectivity index (χ3n) is 4.29. The van der Waals surface area contributed by atoms with Crippen molar-refractivity contribution in [3.05, 3.63) is 83.1 Å². The number of carbonyl (C=O) groups excluding carboxylic acids is 1. The largest absolute Gasteiger partial charge is 0.484 e. The molecular weight excluding hydrogens is 406 g/mol. The summed E-state index contributed by atoms with van der Waals surface area (Å²) in [7, 11) is 0. The summed E-state index contributed by atoms with van der Waals surface area (Å²) in [4.78, 5) is 23.7. The molecular formula is C22H18ClN3O2S. The molecule has 7 heteroatoms. The van der Waals surface area contributed by atoms with E-state index in [1.54, 1.807) is 35.4 Å². The van der Waals surface area contributed by atoms with Crippen molar-refractivity contribution in [2.24, 2.45) is 0 Å². The minimum atomic E-state index is -0.193. The summed E-state index contributed by atoms with van der Waals surface area (Å²) in [5, 5.41) is 1.24. The zero-order chi connectivity index (χ0) is 20.2. The number of benzene rings is 2. The van der Waals surface area contributed by atoms with Crippen molar-refractivity contribution in [2.75, 3.05) is 11.5 Å². The van der Waals surface area contributed by atoms with Gasteiger partial charge in [-0.1, -0.05) is 35.1 Å². The molecule has 0 spiro atoms. The highest BCUT2D eigenvalue weighted by molar-refractivity contribution is 7.22.